The molecular weight excluding hydrogens is 403 g/mol. The van der Waals surface area contributed by atoms with Crippen molar-refractivity contribution in [1.82, 2.24) is 4.57 Å². The number of fused-ring (bicyclic) bond motifs is 2. The molecule has 0 N–H and O–H groups in total. The van der Waals surface area contributed by atoms with Crippen LogP contribution in [0.2, 0.25) is 0 Å². The second-order valence-electron chi connectivity index (χ2n) is 7.10. The molecule has 6 nitrogen and oxygen atoms in total. The van der Waals surface area contributed by atoms with E-state index < -0.39 is 35.4 Å². The van der Waals surface area contributed by atoms with Crippen molar-refractivity contribution < 1.29 is 27.1 Å². The van der Waals surface area contributed by atoms with E-state index in [0.29, 0.717) is 33.4 Å². The number of hydrogen-bond donors (Lipinski definition) is 0. The van der Waals surface area contributed by atoms with E-state index in [-0.39, 0.29) is 6.61 Å². The van der Waals surface area contributed by atoms with Crippen LogP contribution in [0.25, 0.3) is 11.0 Å². The summed E-state index contributed by atoms with van der Waals surface area (Å²) in [5.74, 6) is -0.904. The van der Waals surface area contributed by atoms with Crippen LogP contribution in [0.15, 0.2) is 50.5 Å². The zero-order valence-corrected chi connectivity index (χ0v) is 15.6. The SMILES string of the molecule is O=C(Cn1cc(C(F)(F)F)ccc1=O)OCc1cc(=O)oc2cc3c(cc12)CCC3. The van der Waals surface area contributed by atoms with E-state index in [2.05, 4.69) is 0 Å². The molecule has 0 radical (unpaired) electrons. The minimum absolute atomic E-state index is 0.270. The van der Waals surface area contributed by atoms with Gasteiger partial charge in [0.05, 0.1) is 5.56 Å². The number of benzene rings is 1. The van der Waals surface area contributed by atoms with Crippen LogP contribution in [0.3, 0.4) is 0 Å². The summed E-state index contributed by atoms with van der Waals surface area (Å²) < 4.78 is 49.5. The Kier molecular flexibility index (Phi) is 4.97. The number of carbonyl (C=O) groups excluding carboxylic acids is 1. The monoisotopic (exact) mass is 419 g/mol. The summed E-state index contributed by atoms with van der Waals surface area (Å²) in [5, 5.41) is 0.638. The van der Waals surface area contributed by atoms with Crippen molar-refractivity contribution in [2.45, 2.75) is 38.6 Å². The molecule has 156 valence electrons. The minimum atomic E-state index is -4.64. The Balaban J connectivity index is 1.54. The Hall–Kier alpha value is -3.36. The van der Waals surface area contributed by atoms with Gasteiger partial charge >= 0.3 is 17.8 Å². The zero-order valence-electron chi connectivity index (χ0n) is 15.6. The normalized spacial score (nSPS) is 13.4. The van der Waals surface area contributed by atoms with Gasteiger partial charge in [0.15, 0.2) is 0 Å². The van der Waals surface area contributed by atoms with Gasteiger partial charge in [-0.3, -0.25) is 9.59 Å². The number of halogens is 3. The molecule has 0 fully saturated rings. The second-order valence-corrected chi connectivity index (χ2v) is 7.10. The van der Waals surface area contributed by atoms with Crippen LogP contribution in [0.5, 0.6) is 0 Å². The molecule has 1 aromatic carbocycles. The highest BCUT2D eigenvalue weighted by Crippen LogP contribution is 2.29. The van der Waals surface area contributed by atoms with Gasteiger partial charge in [-0.1, -0.05) is 0 Å². The Labute approximate surface area is 167 Å². The van der Waals surface area contributed by atoms with E-state index in [1.807, 2.05) is 12.1 Å². The van der Waals surface area contributed by atoms with E-state index in [0.717, 1.165) is 36.5 Å². The van der Waals surface area contributed by atoms with Crippen molar-refractivity contribution in [2.24, 2.45) is 0 Å². The molecule has 0 saturated carbocycles. The fourth-order valence-electron chi connectivity index (χ4n) is 3.58. The standard InChI is InChI=1S/C21H16F3NO5/c22-21(23,24)15-4-5-18(26)25(9-15)10-20(28)29-11-14-8-19(27)30-17-7-13-3-1-2-12(13)6-16(14)17/h4-9H,1-3,10-11H2. The fraction of sp³-hybridized carbons (Fsp3) is 0.286. The van der Waals surface area contributed by atoms with Crippen molar-refractivity contribution in [3.8, 4) is 0 Å². The lowest BCUT2D eigenvalue weighted by atomic mass is 10.0. The molecule has 3 aromatic rings. The first-order chi connectivity index (χ1) is 14.2. The quantitative estimate of drug-likeness (QED) is 0.479. The van der Waals surface area contributed by atoms with Gasteiger partial charge in [0, 0.05) is 29.3 Å². The van der Waals surface area contributed by atoms with Gasteiger partial charge in [-0.25, -0.2) is 4.79 Å². The van der Waals surface area contributed by atoms with E-state index in [9.17, 15) is 27.6 Å². The lowest BCUT2D eigenvalue weighted by molar-refractivity contribution is -0.146. The highest BCUT2D eigenvalue weighted by atomic mass is 19.4. The fourth-order valence-corrected chi connectivity index (χ4v) is 3.58. The van der Waals surface area contributed by atoms with E-state index in [4.69, 9.17) is 9.15 Å². The molecular formula is C21H16F3NO5. The summed E-state index contributed by atoms with van der Waals surface area (Å²) in [6.07, 6.45) is -1.26. The third-order valence-electron chi connectivity index (χ3n) is 5.04. The molecule has 0 amide bonds. The first kappa shape index (κ1) is 19.9. The predicted molar refractivity (Wildman–Crippen MR) is 100 cm³/mol. The maximum Gasteiger partial charge on any atom is 0.417 e. The molecule has 30 heavy (non-hydrogen) atoms. The topological polar surface area (TPSA) is 78.5 Å². The summed E-state index contributed by atoms with van der Waals surface area (Å²) in [6.45, 7) is -0.953. The van der Waals surface area contributed by atoms with Crippen LogP contribution in [-0.4, -0.2) is 10.5 Å². The first-order valence-electron chi connectivity index (χ1n) is 9.22. The van der Waals surface area contributed by atoms with Crippen LogP contribution >= 0.6 is 0 Å². The molecule has 0 spiro atoms. The van der Waals surface area contributed by atoms with Crippen LogP contribution in [0.4, 0.5) is 13.2 Å². The van der Waals surface area contributed by atoms with Crippen LogP contribution in [-0.2, 0) is 41.7 Å². The first-order valence-corrected chi connectivity index (χ1v) is 9.22. The molecule has 9 heteroatoms. The number of hydrogen-bond acceptors (Lipinski definition) is 5. The number of aryl methyl sites for hydroxylation is 2. The summed E-state index contributed by atoms with van der Waals surface area (Å²) in [5.41, 5.74) is 0.671. The number of esters is 1. The Morgan fingerprint density at radius 2 is 1.83 bits per heavy atom. The van der Waals surface area contributed by atoms with Gasteiger partial charge in [-0.2, -0.15) is 13.2 Å². The molecule has 1 aliphatic rings. The summed E-state index contributed by atoms with van der Waals surface area (Å²) >= 11 is 0. The van der Waals surface area contributed by atoms with Gasteiger partial charge in [0.25, 0.3) is 5.56 Å². The van der Waals surface area contributed by atoms with Gasteiger partial charge < -0.3 is 13.7 Å². The van der Waals surface area contributed by atoms with Crippen LogP contribution < -0.4 is 11.2 Å². The summed E-state index contributed by atoms with van der Waals surface area (Å²) in [4.78, 5) is 35.8. The Morgan fingerprint density at radius 3 is 2.57 bits per heavy atom. The molecule has 0 bridgehead atoms. The lowest BCUT2D eigenvalue weighted by Crippen LogP contribution is -2.26. The van der Waals surface area contributed by atoms with Gasteiger partial charge in [-0.05, 0) is 48.6 Å². The van der Waals surface area contributed by atoms with Crippen LogP contribution in [0, 0.1) is 0 Å². The zero-order chi connectivity index (χ0) is 21.5. The van der Waals surface area contributed by atoms with Gasteiger partial charge in [0.2, 0.25) is 0 Å². The predicted octanol–water partition coefficient (Wildman–Crippen LogP) is 3.21. The van der Waals surface area contributed by atoms with E-state index >= 15 is 0 Å². The number of ether oxygens (including phenoxy) is 1. The third kappa shape index (κ3) is 4.00. The van der Waals surface area contributed by atoms with Crippen molar-refractivity contribution in [1.29, 1.82) is 0 Å². The van der Waals surface area contributed by atoms with Gasteiger partial charge in [-0.15, -0.1) is 0 Å². The Morgan fingerprint density at radius 1 is 1.10 bits per heavy atom. The number of carbonyl (C=O) groups is 1. The average molecular weight is 419 g/mol. The number of alkyl halides is 3. The molecule has 4 rings (SSSR count). The highest BCUT2D eigenvalue weighted by molar-refractivity contribution is 5.82. The maximum absolute atomic E-state index is 12.8. The molecule has 0 aliphatic heterocycles. The summed E-state index contributed by atoms with van der Waals surface area (Å²) in [7, 11) is 0. The molecule has 0 saturated heterocycles. The van der Waals surface area contributed by atoms with Crippen molar-refractivity contribution in [3.05, 3.63) is 79.6 Å². The van der Waals surface area contributed by atoms with E-state index in [1.165, 1.54) is 6.07 Å². The maximum atomic E-state index is 12.8. The average Bonchev–Trinajstić information content (AvgIpc) is 3.12. The molecule has 1 aliphatic carbocycles. The van der Waals surface area contributed by atoms with Gasteiger partial charge in [0.1, 0.15) is 18.7 Å². The number of pyridine rings is 1. The number of rotatable bonds is 4. The third-order valence-corrected chi connectivity index (χ3v) is 5.04. The molecule has 0 atom stereocenters. The van der Waals surface area contributed by atoms with Crippen molar-refractivity contribution >= 4 is 16.9 Å². The van der Waals surface area contributed by atoms with Crippen LogP contribution in [0.1, 0.15) is 28.7 Å². The molecule has 2 heterocycles. The summed E-state index contributed by atoms with van der Waals surface area (Å²) in [6, 6.07) is 6.33. The van der Waals surface area contributed by atoms with E-state index in [1.54, 1.807) is 0 Å². The Bertz CT molecular complexity index is 1260. The minimum Gasteiger partial charge on any atom is -0.459 e. The highest BCUT2D eigenvalue weighted by Gasteiger charge is 2.31. The molecule has 2 aromatic heterocycles. The largest absolute Gasteiger partial charge is 0.459 e. The van der Waals surface area contributed by atoms with Crippen molar-refractivity contribution in [3.63, 3.8) is 0 Å². The van der Waals surface area contributed by atoms with Crippen molar-refractivity contribution in [2.75, 3.05) is 0 Å². The lowest BCUT2D eigenvalue weighted by Gasteiger charge is -2.11. The number of nitrogens with zero attached hydrogens (tertiary/aromatic N) is 1. The number of aromatic nitrogens is 1. The smallest absolute Gasteiger partial charge is 0.417 e. The molecule has 0 unspecified atom stereocenters. The second kappa shape index (κ2) is 7.47.